The summed E-state index contributed by atoms with van der Waals surface area (Å²) in [6.45, 7) is 4.01. The highest BCUT2D eigenvalue weighted by molar-refractivity contribution is 6.22. The lowest BCUT2D eigenvalue weighted by Gasteiger charge is -2.31. The van der Waals surface area contributed by atoms with Crippen molar-refractivity contribution in [2.45, 2.75) is 58.0 Å². The number of alkyl halides is 6. The number of anilines is 1. The summed E-state index contributed by atoms with van der Waals surface area (Å²) in [4.78, 5) is 27.6. The lowest BCUT2D eigenvalue weighted by atomic mass is 9.69. The summed E-state index contributed by atoms with van der Waals surface area (Å²) in [6.07, 6.45) is -6.53. The molecular formula is C31H29F6NO4. The minimum Gasteiger partial charge on any atom is -0.508 e. The average molecular weight is 594 g/mol. The van der Waals surface area contributed by atoms with Crippen molar-refractivity contribution in [2.75, 3.05) is 11.5 Å². The first-order chi connectivity index (χ1) is 19.7. The molecule has 0 aromatic heterocycles. The van der Waals surface area contributed by atoms with Crippen molar-refractivity contribution >= 4 is 23.6 Å². The van der Waals surface area contributed by atoms with E-state index in [-0.39, 0.29) is 30.9 Å². The third kappa shape index (κ3) is 5.58. The topological polar surface area (TPSA) is 66.8 Å². The number of carbonyl (C=O) groups excluding carboxylic acids is 2. The number of amides is 2. The molecule has 5 nitrogen and oxygen atoms in total. The van der Waals surface area contributed by atoms with Crippen LogP contribution in [0.5, 0.6) is 5.75 Å². The molecule has 4 atom stereocenters. The number of halogens is 6. The van der Waals surface area contributed by atoms with Gasteiger partial charge in [-0.3, -0.25) is 9.59 Å². The van der Waals surface area contributed by atoms with Crippen LogP contribution < -0.4 is 4.90 Å². The van der Waals surface area contributed by atoms with E-state index < -0.39 is 58.7 Å². The quantitative estimate of drug-likeness (QED) is 0.214. The molecule has 3 aliphatic rings. The molecule has 224 valence electrons. The Labute approximate surface area is 238 Å². The number of nitrogens with zero attached hydrogens (tertiary/aromatic N) is 1. The third-order valence-electron chi connectivity index (χ3n) is 8.37. The predicted molar refractivity (Wildman–Crippen MR) is 142 cm³/mol. The smallest absolute Gasteiger partial charge is 0.416 e. The van der Waals surface area contributed by atoms with Gasteiger partial charge in [-0.1, -0.05) is 36.3 Å². The van der Waals surface area contributed by atoms with E-state index in [2.05, 4.69) is 0 Å². The minimum absolute atomic E-state index is 0.0239. The second-order valence-electron chi connectivity index (χ2n) is 11.1. The highest BCUT2D eigenvalue weighted by atomic mass is 19.4. The van der Waals surface area contributed by atoms with E-state index >= 15 is 0 Å². The summed E-state index contributed by atoms with van der Waals surface area (Å²) in [6, 6.07) is 7.58. The first-order valence-corrected chi connectivity index (χ1v) is 13.7. The minimum atomic E-state index is -5.11. The molecule has 1 aliphatic carbocycles. The van der Waals surface area contributed by atoms with Crippen LogP contribution in [-0.2, 0) is 26.7 Å². The number of hydrogen-bond donors (Lipinski definition) is 1. The zero-order chi connectivity index (χ0) is 30.6. The largest absolute Gasteiger partial charge is 0.508 e. The van der Waals surface area contributed by atoms with Crippen LogP contribution in [-0.4, -0.2) is 29.6 Å². The number of phenols is 1. The third-order valence-corrected chi connectivity index (χ3v) is 8.37. The maximum atomic E-state index is 13.6. The molecule has 0 unspecified atom stereocenters. The van der Waals surface area contributed by atoms with Crippen molar-refractivity contribution in [1.29, 1.82) is 0 Å². The number of phenolic OH excluding ortho intramolecular Hbond substituents is 1. The first kappa shape index (κ1) is 29.9. The van der Waals surface area contributed by atoms with Crippen molar-refractivity contribution in [3.8, 4) is 5.75 Å². The standard InChI is InChI=1S/C31H29F6NO4/c1-3-18-11-23-27(24-15-42-25(26(18)24)9-4-16(2)10-17-5-7-22(39)8-6-17)29(41)38(28(23)40)21-13-19(30(32,33)34)12-20(14-21)31(35,36)37/h5-8,10,12-14,23-25,27,39H,3-4,9,11,15H2,1-2H3/b16-10+/t23-,24+,25-,27-/m1/s1. The Kier molecular flexibility index (Phi) is 7.76. The lowest BCUT2D eigenvalue weighted by Crippen LogP contribution is -2.34. The lowest BCUT2D eigenvalue weighted by molar-refractivity contribution is -0.143. The van der Waals surface area contributed by atoms with Crippen molar-refractivity contribution in [1.82, 2.24) is 0 Å². The highest BCUT2D eigenvalue weighted by Crippen LogP contribution is 2.51. The van der Waals surface area contributed by atoms with Gasteiger partial charge < -0.3 is 9.84 Å². The molecule has 0 radical (unpaired) electrons. The SMILES string of the molecule is CCC1=C2[C@@H](CC/C(C)=C/c3ccc(O)cc3)OC[C@@H]2[C@@H]2C(=O)N(c3cc(C(F)(F)F)cc(C(F)(F)F)c3)C(=O)[C@@H]2C1. The number of aromatic hydroxyl groups is 1. The van der Waals surface area contributed by atoms with Gasteiger partial charge in [0.2, 0.25) is 11.8 Å². The maximum Gasteiger partial charge on any atom is 0.416 e. The van der Waals surface area contributed by atoms with Gasteiger partial charge in [-0.15, -0.1) is 0 Å². The average Bonchev–Trinajstić information content (AvgIpc) is 3.45. The van der Waals surface area contributed by atoms with E-state index in [4.69, 9.17) is 4.74 Å². The van der Waals surface area contributed by atoms with Crippen molar-refractivity contribution in [3.63, 3.8) is 0 Å². The maximum absolute atomic E-state index is 13.6. The molecule has 2 aromatic rings. The molecule has 2 aliphatic heterocycles. The van der Waals surface area contributed by atoms with Crippen LogP contribution in [0.15, 0.2) is 59.2 Å². The van der Waals surface area contributed by atoms with Gasteiger partial charge in [0.05, 0.1) is 41.4 Å². The number of allylic oxidation sites excluding steroid dienone is 2. The summed E-state index contributed by atoms with van der Waals surface area (Å²) >= 11 is 0. The summed E-state index contributed by atoms with van der Waals surface area (Å²) < 4.78 is 87.1. The fraction of sp³-hybridized carbons (Fsp3) is 0.419. The number of carbonyl (C=O) groups is 2. The summed E-state index contributed by atoms with van der Waals surface area (Å²) in [5.74, 6) is -3.73. The molecular weight excluding hydrogens is 564 g/mol. The molecule has 2 fully saturated rings. The Balaban J connectivity index is 1.41. The van der Waals surface area contributed by atoms with Crippen molar-refractivity contribution in [3.05, 3.63) is 75.9 Å². The van der Waals surface area contributed by atoms with Crippen molar-refractivity contribution in [2.24, 2.45) is 17.8 Å². The number of benzene rings is 2. The van der Waals surface area contributed by atoms with Gasteiger partial charge in [0.15, 0.2) is 0 Å². The molecule has 11 heteroatoms. The molecule has 0 bridgehead atoms. The molecule has 0 spiro atoms. The Hall–Kier alpha value is -3.60. The van der Waals surface area contributed by atoms with Gasteiger partial charge in [-0.25, -0.2) is 4.90 Å². The van der Waals surface area contributed by atoms with Crippen LogP contribution in [0.2, 0.25) is 0 Å². The van der Waals surface area contributed by atoms with Gasteiger partial charge in [0.25, 0.3) is 0 Å². The van der Waals surface area contributed by atoms with E-state index in [0.717, 1.165) is 22.3 Å². The van der Waals surface area contributed by atoms with Gasteiger partial charge >= 0.3 is 12.4 Å². The Morgan fingerprint density at radius 2 is 1.60 bits per heavy atom. The van der Waals surface area contributed by atoms with E-state index in [1.807, 2.05) is 19.9 Å². The highest BCUT2D eigenvalue weighted by Gasteiger charge is 2.57. The Morgan fingerprint density at radius 3 is 2.17 bits per heavy atom. The number of ether oxygens (including phenoxy) is 1. The molecule has 2 heterocycles. The van der Waals surface area contributed by atoms with E-state index in [0.29, 0.717) is 36.3 Å². The molecule has 2 aromatic carbocycles. The summed E-state index contributed by atoms with van der Waals surface area (Å²) in [5.41, 5.74) is -0.0734. The number of fused-ring (bicyclic) bond motifs is 3. The second kappa shape index (κ2) is 10.9. The van der Waals surface area contributed by atoms with Crippen molar-refractivity contribution < 1.29 is 45.8 Å². The molecule has 2 amide bonds. The molecule has 0 saturated carbocycles. The van der Waals surface area contributed by atoms with Gasteiger partial charge in [-0.05, 0) is 74.1 Å². The second-order valence-corrected chi connectivity index (χ2v) is 11.1. The van der Waals surface area contributed by atoms with Crippen LogP contribution in [0.3, 0.4) is 0 Å². The Morgan fingerprint density at radius 1 is 0.976 bits per heavy atom. The fourth-order valence-electron chi connectivity index (χ4n) is 6.42. The summed E-state index contributed by atoms with van der Waals surface area (Å²) in [5, 5.41) is 9.48. The van der Waals surface area contributed by atoms with Crippen LogP contribution in [0.1, 0.15) is 56.2 Å². The summed E-state index contributed by atoms with van der Waals surface area (Å²) in [7, 11) is 0. The molecule has 5 rings (SSSR count). The number of rotatable bonds is 6. The molecule has 1 N–H and O–H groups in total. The number of hydrogen-bond acceptors (Lipinski definition) is 4. The monoisotopic (exact) mass is 593 g/mol. The first-order valence-electron chi connectivity index (χ1n) is 13.7. The van der Waals surface area contributed by atoms with Crippen LogP contribution in [0, 0.1) is 17.8 Å². The predicted octanol–water partition coefficient (Wildman–Crippen LogP) is 7.54. The van der Waals surface area contributed by atoms with Crippen LogP contribution >= 0.6 is 0 Å². The van der Waals surface area contributed by atoms with E-state index in [1.54, 1.807) is 24.3 Å². The van der Waals surface area contributed by atoms with Crippen LogP contribution in [0.4, 0.5) is 32.0 Å². The zero-order valence-corrected chi connectivity index (χ0v) is 22.9. The zero-order valence-electron chi connectivity index (χ0n) is 22.9. The fourth-order valence-corrected chi connectivity index (χ4v) is 6.42. The van der Waals surface area contributed by atoms with Crippen LogP contribution in [0.25, 0.3) is 6.08 Å². The van der Waals surface area contributed by atoms with Gasteiger partial charge in [0.1, 0.15) is 5.75 Å². The Bertz CT molecular complexity index is 1420. The molecule has 42 heavy (non-hydrogen) atoms. The van der Waals surface area contributed by atoms with E-state index in [9.17, 15) is 41.0 Å². The number of imide groups is 1. The van der Waals surface area contributed by atoms with Gasteiger partial charge in [0, 0.05) is 5.92 Å². The molecule has 2 saturated heterocycles. The van der Waals surface area contributed by atoms with Gasteiger partial charge in [-0.2, -0.15) is 26.3 Å². The normalized spacial score (nSPS) is 24.9. The van der Waals surface area contributed by atoms with E-state index in [1.165, 1.54) is 0 Å².